The van der Waals surface area contributed by atoms with Gasteiger partial charge in [0.1, 0.15) is 11.7 Å². The van der Waals surface area contributed by atoms with Crippen molar-refractivity contribution in [2.45, 2.75) is 6.92 Å². The van der Waals surface area contributed by atoms with E-state index in [4.69, 9.17) is 0 Å². The highest BCUT2D eigenvalue weighted by molar-refractivity contribution is 6.05. The first-order valence-electron chi connectivity index (χ1n) is 4.84. The Bertz CT molecular complexity index is 378. The molecule has 0 radical (unpaired) electrons. The molecule has 0 spiro atoms. The number of methoxy groups -OCH3 is 1. The van der Waals surface area contributed by atoms with E-state index in [1.807, 2.05) is 0 Å². The topological polar surface area (TPSA) is 59.5 Å². The van der Waals surface area contributed by atoms with Gasteiger partial charge >= 0.3 is 5.97 Å². The lowest BCUT2D eigenvalue weighted by atomic mass is 10.1. The van der Waals surface area contributed by atoms with Gasteiger partial charge in [-0.3, -0.25) is 14.5 Å². The van der Waals surface area contributed by atoms with Gasteiger partial charge in [0.05, 0.1) is 7.11 Å². The van der Waals surface area contributed by atoms with Gasteiger partial charge in [0, 0.05) is 13.2 Å². The van der Waals surface area contributed by atoms with Gasteiger partial charge in [0.25, 0.3) is 0 Å². The third-order valence-electron chi connectivity index (χ3n) is 2.25. The van der Waals surface area contributed by atoms with Crippen molar-refractivity contribution in [1.82, 2.24) is 4.98 Å². The van der Waals surface area contributed by atoms with E-state index >= 15 is 0 Å². The number of pyridine rings is 1. The fourth-order valence-corrected chi connectivity index (χ4v) is 1.23. The van der Waals surface area contributed by atoms with E-state index in [1.54, 1.807) is 31.4 Å². The van der Waals surface area contributed by atoms with Crippen LogP contribution in [-0.4, -0.2) is 31.0 Å². The van der Waals surface area contributed by atoms with Gasteiger partial charge in [0.15, 0.2) is 0 Å². The second-order valence-electron chi connectivity index (χ2n) is 3.33. The first kappa shape index (κ1) is 12.2. The minimum Gasteiger partial charge on any atom is -0.468 e. The van der Waals surface area contributed by atoms with Gasteiger partial charge in [-0.05, 0) is 19.1 Å². The van der Waals surface area contributed by atoms with Gasteiger partial charge < -0.3 is 4.74 Å². The van der Waals surface area contributed by atoms with Gasteiger partial charge in [-0.1, -0.05) is 6.07 Å². The van der Waals surface area contributed by atoms with Crippen LogP contribution in [0.3, 0.4) is 0 Å². The van der Waals surface area contributed by atoms with Gasteiger partial charge in [0.2, 0.25) is 5.91 Å². The summed E-state index contributed by atoms with van der Waals surface area (Å²) in [6.45, 7) is 1.51. The van der Waals surface area contributed by atoms with Gasteiger partial charge in [-0.2, -0.15) is 0 Å². The highest BCUT2D eigenvalue weighted by atomic mass is 16.5. The lowest BCUT2D eigenvalue weighted by molar-refractivity contribution is -0.148. The lowest BCUT2D eigenvalue weighted by Gasteiger charge is -2.18. The maximum Gasteiger partial charge on any atom is 0.317 e. The summed E-state index contributed by atoms with van der Waals surface area (Å²) in [5.41, 5.74) is 0. The molecule has 0 N–H and O–H groups in total. The molecule has 1 unspecified atom stereocenters. The zero-order valence-corrected chi connectivity index (χ0v) is 9.51. The number of amides is 1. The molecule has 0 saturated carbocycles. The van der Waals surface area contributed by atoms with Crippen molar-refractivity contribution in [2.24, 2.45) is 5.92 Å². The van der Waals surface area contributed by atoms with E-state index in [0.717, 1.165) is 0 Å². The Hall–Kier alpha value is -1.91. The molecule has 1 aromatic heterocycles. The van der Waals surface area contributed by atoms with Crippen molar-refractivity contribution in [2.75, 3.05) is 19.1 Å². The molecule has 86 valence electrons. The molecule has 0 aliphatic rings. The molecule has 16 heavy (non-hydrogen) atoms. The van der Waals surface area contributed by atoms with E-state index in [-0.39, 0.29) is 5.91 Å². The number of hydrogen-bond acceptors (Lipinski definition) is 4. The molecule has 0 aromatic carbocycles. The monoisotopic (exact) mass is 222 g/mol. The Morgan fingerprint density at radius 3 is 2.62 bits per heavy atom. The van der Waals surface area contributed by atoms with Crippen molar-refractivity contribution in [1.29, 1.82) is 0 Å². The van der Waals surface area contributed by atoms with Crippen molar-refractivity contribution < 1.29 is 14.3 Å². The van der Waals surface area contributed by atoms with Crippen molar-refractivity contribution >= 4 is 17.7 Å². The van der Waals surface area contributed by atoms with E-state index in [2.05, 4.69) is 9.72 Å². The van der Waals surface area contributed by atoms with Crippen LogP contribution in [0.2, 0.25) is 0 Å². The second kappa shape index (κ2) is 5.25. The highest BCUT2D eigenvalue weighted by Crippen LogP contribution is 2.11. The van der Waals surface area contributed by atoms with E-state index in [9.17, 15) is 9.59 Å². The number of carbonyl (C=O) groups excluding carboxylic acids is 2. The van der Waals surface area contributed by atoms with Crippen LogP contribution < -0.4 is 4.90 Å². The Labute approximate surface area is 94.0 Å². The number of hydrogen-bond donors (Lipinski definition) is 0. The predicted molar refractivity (Wildman–Crippen MR) is 58.8 cm³/mol. The summed E-state index contributed by atoms with van der Waals surface area (Å²) in [6.07, 6.45) is 1.59. The first-order chi connectivity index (χ1) is 7.57. The summed E-state index contributed by atoms with van der Waals surface area (Å²) < 4.78 is 4.51. The SMILES string of the molecule is COC(=O)C(C)C(=O)N(C)c1ccccn1. The molecule has 1 aromatic rings. The second-order valence-corrected chi connectivity index (χ2v) is 3.33. The summed E-state index contributed by atoms with van der Waals surface area (Å²) in [4.78, 5) is 28.4. The maximum atomic E-state index is 11.8. The molecule has 1 atom stereocenters. The Balaban J connectivity index is 2.79. The summed E-state index contributed by atoms with van der Waals surface area (Å²) in [5.74, 6) is -1.21. The number of ether oxygens (including phenoxy) is 1. The Morgan fingerprint density at radius 1 is 1.44 bits per heavy atom. The smallest absolute Gasteiger partial charge is 0.317 e. The van der Waals surface area contributed by atoms with Crippen LogP contribution in [0.15, 0.2) is 24.4 Å². The van der Waals surface area contributed by atoms with E-state index in [1.165, 1.54) is 18.9 Å². The average molecular weight is 222 g/mol. The van der Waals surface area contributed by atoms with Gasteiger partial charge in [-0.15, -0.1) is 0 Å². The van der Waals surface area contributed by atoms with Crippen molar-refractivity contribution in [3.05, 3.63) is 24.4 Å². The van der Waals surface area contributed by atoms with Crippen molar-refractivity contribution in [3.63, 3.8) is 0 Å². The third kappa shape index (κ3) is 2.56. The number of aromatic nitrogens is 1. The number of nitrogens with zero attached hydrogens (tertiary/aromatic N) is 2. The molecule has 1 heterocycles. The first-order valence-corrected chi connectivity index (χ1v) is 4.84. The summed E-state index contributed by atoms with van der Waals surface area (Å²) in [5, 5.41) is 0. The molecule has 0 aliphatic heterocycles. The normalized spacial score (nSPS) is 11.7. The standard InChI is InChI=1S/C11H14N2O3/c1-8(11(15)16-3)10(14)13(2)9-6-4-5-7-12-9/h4-8H,1-3H3. The van der Waals surface area contributed by atoms with Crippen LogP contribution in [0.25, 0.3) is 0 Å². The molecule has 1 amide bonds. The third-order valence-corrected chi connectivity index (χ3v) is 2.25. The predicted octanol–water partition coefficient (Wildman–Crippen LogP) is 0.853. The molecule has 0 fully saturated rings. The Kier molecular flexibility index (Phi) is 3.99. The number of rotatable bonds is 3. The zero-order valence-electron chi connectivity index (χ0n) is 9.51. The molecule has 5 heteroatoms. The molecule has 0 aliphatic carbocycles. The minimum atomic E-state index is -0.822. The largest absolute Gasteiger partial charge is 0.468 e. The molecule has 0 bridgehead atoms. The van der Waals surface area contributed by atoms with Crippen LogP contribution >= 0.6 is 0 Å². The highest BCUT2D eigenvalue weighted by Gasteiger charge is 2.26. The van der Waals surface area contributed by atoms with Crippen LogP contribution in [-0.2, 0) is 14.3 Å². The van der Waals surface area contributed by atoms with Crippen LogP contribution in [0.1, 0.15) is 6.92 Å². The molecule has 0 saturated heterocycles. The number of anilines is 1. The number of carbonyl (C=O) groups is 2. The zero-order chi connectivity index (χ0) is 12.1. The quantitative estimate of drug-likeness (QED) is 0.562. The van der Waals surface area contributed by atoms with Crippen molar-refractivity contribution in [3.8, 4) is 0 Å². The fraction of sp³-hybridized carbons (Fsp3) is 0.364. The van der Waals surface area contributed by atoms with Crippen LogP contribution in [0.5, 0.6) is 0 Å². The van der Waals surface area contributed by atoms with Gasteiger partial charge in [-0.25, -0.2) is 4.98 Å². The van der Waals surface area contributed by atoms with Crippen LogP contribution in [0, 0.1) is 5.92 Å². The molecular weight excluding hydrogens is 208 g/mol. The molecular formula is C11H14N2O3. The summed E-state index contributed by atoms with van der Waals surface area (Å²) in [6, 6.07) is 5.22. The fourth-order valence-electron chi connectivity index (χ4n) is 1.23. The molecule has 5 nitrogen and oxygen atoms in total. The van der Waals surface area contributed by atoms with E-state index in [0.29, 0.717) is 5.82 Å². The summed E-state index contributed by atoms with van der Waals surface area (Å²) in [7, 11) is 2.83. The Morgan fingerprint density at radius 2 is 2.12 bits per heavy atom. The van der Waals surface area contributed by atoms with E-state index < -0.39 is 11.9 Å². The maximum absolute atomic E-state index is 11.8. The summed E-state index contributed by atoms with van der Waals surface area (Å²) >= 11 is 0. The number of esters is 1. The minimum absolute atomic E-state index is 0.342. The molecule has 1 rings (SSSR count). The lowest BCUT2D eigenvalue weighted by Crippen LogP contribution is -2.36. The van der Waals surface area contributed by atoms with Crippen LogP contribution in [0.4, 0.5) is 5.82 Å². The average Bonchev–Trinajstić information content (AvgIpc) is 2.36.